The summed E-state index contributed by atoms with van der Waals surface area (Å²) in [5, 5.41) is 13.2. The van der Waals surface area contributed by atoms with E-state index in [4.69, 9.17) is 0 Å². The minimum Gasteiger partial charge on any atom is -0.392 e. The quantitative estimate of drug-likeness (QED) is 0.644. The Kier molecular flexibility index (Phi) is 6.20. The van der Waals surface area contributed by atoms with Crippen LogP contribution in [0.3, 0.4) is 0 Å². The van der Waals surface area contributed by atoms with E-state index in [2.05, 4.69) is 12.2 Å². The van der Waals surface area contributed by atoms with Crippen LogP contribution in [0.25, 0.3) is 0 Å². The van der Waals surface area contributed by atoms with Gasteiger partial charge in [0.2, 0.25) is 0 Å². The van der Waals surface area contributed by atoms with E-state index in [9.17, 15) is 5.11 Å². The van der Waals surface area contributed by atoms with Gasteiger partial charge in [-0.25, -0.2) is 0 Å². The number of hydrogen-bond acceptors (Lipinski definition) is 2. The molecule has 0 aromatic heterocycles. The van der Waals surface area contributed by atoms with Crippen LogP contribution in [0.2, 0.25) is 0 Å². The van der Waals surface area contributed by atoms with Crippen LogP contribution in [-0.2, 0) is 0 Å². The topological polar surface area (TPSA) is 32.3 Å². The summed E-state index contributed by atoms with van der Waals surface area (Å²) < 4.78 is 0. The van der Waals surface area contributed by atoms with E-state index in [1.807, 2.05) is 0 Å². The molecule has 2 unspecified atom stereocenters. The van der Waals surface area contributed by atoms with Crippen molar-refractivity contribution in [2.24, 2.45) is 0 Å². The molecule has 0 bridgehead atoms. The van der Waals surface area contributed by atoms with Crippen molar-refractivity contribution in [3.63, 3.8) is 0 Å². The van der Waals surface area contributed by atoms with Gasteiger partial charge in [0.25, 0.3) is 0 Å². The molecule has 2 atom stereocenters. The molecule has 0 aliphatic heterocycles. The Labute approximate surface area is 88.1 Å². The van der Waals surface area contributed by atoms with E-state index in [-0.39, 0.29) is 6.10 Å². The van der Waals surface area contributed by atoms with Gasteiger partial charge < -0.3 is 10.4 Å². The number of aliphatic hydroxyl groups is 1. The zero-order valence-electron chi connectivity index (χ0n) is 9.47. The average Bonchev–Trinajstić information content (AvgIpc) is 2.20. The highest BCUT2D eigenvalue weighted by Crippen LogP contribution is 2.18. The number of unbranched alkanes of at least 4 members (excludes halogenated alkanes) is 3. The molecule has 1 aliphatic rings. The summed E-state index contributed by atoms with van der Waals surface area (Å²) in [5.41, 5.74) is 0. The highest BCUT2D eigenvalue weighted by molar-refractivity contribution is 4.79. The van der Waals surface area contributed by atoms with Crippen molar-refractivity contribution in [3.05, 3.63) is 0 Å². The zero-order chi connectivity index (χ0) is 10.2. The van der Waals surface area contributed by atoms with E-state index in [1.54, 1.807) is 0 Å². The summed E-state index contributed by atoms with van der Waals surface area (Å²) in [6, 6.07) is 0.380. The third kappa shape index (κ3) is 4.43. The molecule has 1 rings (SSSR count). The Morgan fingerprint density at radius 2 is 1.93 bits per heavy atom. The average molecular weight is 199 g/mol. The van der Waals surface area contributed by atoms with Crippen LogP contribution in [-0.4, -0.2) is 23.8 Å². The van der Waals surface area contributed by atoms with E-state index in [0.717, 1.165) is 19.4 Å². The Morgan fingerprint density at radius 3 is 2.64 bits per heavy atom. The maximum Gasteiger partial charge on any atom is 0.0693 e. The van der Waals surface area contributed by atoms with E-state index >= 15 is 0 Å². The molecule has 14 heavy (non-hydrogen) atoms. The van der Waals surface area contributed by atoms with Crippen molar-refractivity contribution in [2.75, 3.05) is 6.54 Å². The molecule has 1 fully saturated rings. The van der Waals surface area contributed by atoms with Gasteiger partial charge in [0.1, 0.15) is 0 Å². The van der Waals surface area contributed by atoms with Gasteiger partial charge >= 0.3 is 0 Å². The van der Waals surface area contributed by atoms with Crippen LogP contribution in [0.4, 0.5) is 0 Å². The first-order valence-corrected chi connectivity index (χ1v) is 6.26. The first-order valence-electron chi connectivity index (χ1n) is 6.26. The second-order valence-corrected chi connectivity index (χ2v) is 4.47. The molecule has 0 aromatic carbocycles. The molecule has 2 nitrogen and oxygen atoms in total. The first kappa shape index (κ1) is 12.0. The van der Waals surface area contributed by atoms with Crippen molar-refractivity contribution < 1.29 is 5.11 Å². The Bertz CT molecular complexity index is 138. The molecule has 0 aromatic rings. The van der Waals surface area contributed by atoms with Gasteiger partial charge in [-0.3, -0.25) is 0 Å². The lowest BCUT2D eigenvalue weighted by Crippen LogP contribution is -2.42. The summed E-state index contributed by atoms with van der Waals surface area (Å²) >= 11 is 0. The van der Waals surface area contributed by atoms with Gasteiger partial charge in [0.15, 0.2) is 0 Å². The minimum atomic E-state index is -0.0880. The fraction of sp³-hybridized carbons (Fsp3) is 1.00. The summed E-state index contributed by atoms with van der Waals surface area (Å²) in [6.45, 7) is 3.32. The number of nitrogens with one attached hydrogen (secondary N) is 1. The summed E-state index contributed by atoms with van der Waals surface area (Å²) in [7, 11) is 0. The lowest BCUT2D eigenvalue weighted by atomic mass is 9.92. The van der Waals surface area contributed by atoms with Crippen LogP contribution >= 0.6 is 0 Å². The van der Waals surface area contributed by atoms with Gasteiger partial charge in [-0.1, -0.05) is 39.0 Å². The van der Waals surface area contributed by atoms with Crippen LogP contribution < -0.4 is 5.32 Å². The lowest BCUT2D eigenvalue weighted by molar-refractivity contribution is 0.0909. The monoisotopic (exact) mass is 199 g/mol. The van der Waals surface area contributed by atoms with Crippen LogP contribution in [0, 0.1) is 0 Å². The minimum absolute atomic E-state index is 0.0880. The van der Waals surface area contributed by atoms with Gasteiger partial charge in [0, 0.05) is 6.04 Å². The van der Waals surface area contributed by atoms with Gasteiger partial charge in [-0.05, 0) is 25.8 Å². The first-order chi connectivity index (χ1) is 6.84. The van der Waals surface area contributed by atoms with Crippen molar-refractivity contribution in [1.29, 1.82) is 0 Å². The third-order valence-corrected chi connectivity index (χ3v) is 3.17. The molecule has 2 N–H and O–H groups in total. The van der Waals surface area contributed by atoms with Gasteiger partial charge in [-0.15, -0.1) is 0 Å². The number of hydrogen-bond donors (Lipinski definition) is 2. The van der Waals surface area contributed by atoms with Crippen LogP contribution in [0.15, 0.2) is 0 Å². The molecular weight excluding hydrogens is 174 g/mol. The standard InChI is InChI=1S/C12H25NO/c1-2-3-4-7-10-13-11-8-5-6-9-12(11)14/h11-14H,2-10H2,1H3. The molecule has 0 heterocycles. The Morgan fingerprint density at radius 1 is 1.14 bits per heavy atom. The van der Waals surface area contributed by atoms with Gasteiger partial charge in [0.05, 0.1) is 6.10 Å². The lowest BCUT2D eigenvalue weighted by Gasteiger charge is -2.28. The second kappa shape index (κ2) is 7.24. The van der Waals surface area contributed by atoms with Crippen molar-refractivity contribution in [1.82, 2.24) is 5.32 Å². The van der Waals surface area contributed by atoms with Crippen LogP contribution in [0.1, 0.15) is 58.3 Å². The molecule has 0 saturated heterocycles. The van der Waals surface area contributed by atoms with E-state index < -0.39 is 0 Å². The zero-order valence-corrected chi connectivity index (χ0v) is 9.47. The molecular formula is C12H25NO. The normalized spacial score (nSPS) is 27.9. The number of aliphatic hydroxyl groups excluding tert-OH is 1. The fourth-order valence-electron chi connectivity index (χ4n) is 2.19. The van der Waals surface area contributed by atoms with Gasteiger partial charge in [-0.2, -0.15) is 0 Å². The molecule has 2 heteroatoms. The molecule has 0 amide bonds. The number of rotatable bonds is 6. The van der Waals surface area contributed by atoms with Crippen LogP contribution in [0.5, 0.6) is 0 Å². The highest BCUT2D eigenvalue weighted by Gasteiger charge is 2.21. The largest absolute Gasteiger partial charge is 0.392 e. The SMILES string of the molecule is CCCCCCNC1CCCCC1O. The maximum atomic E-state index is 9.71. The predicted octanol–water partition coefficient (Wildman–Crippen LogP) is 2.46. The summed E-state index contributed by atoms with van der Waals surface area (Å²) in [6.07, 6.45) is 9.78. The third-order valence-electron chi connectivity index (χ3n) is 3.17. The van der Waals surface area contributed by atoms with E-state index in [0.29, 0.717) is 6.04 Å². The molecule has 0 spiro atoms. The molecule has 1 saturated carbocycles. The van der Waals surface area contributed by atoms with Crippen molar-refractivity contribution >= 4 is 0 Å². The molecule has 1 aliphatic carbocycles. The Hall–Kier alpha value is -0.0800. The molecule has 84 valence electrons. The molecule has 0 radical (unpaired) electrons. The van der Waals surface area contributed by atoms with Crippen molar-refractivity contribution in [3.8, 4) is 0 Å². The Balaban J connectivity index is 1.99. The fourth-order valence-corrected chi connectivity index (χ4v) is 2.19. The van der Waals surface area contributed by atoms with E-state index in [1.165, 1.54) is 38.5 Å². The summed E-state index contributed by atoms with van der Waals surface area (Å²) in [4.78, 5) is 0. The highest BCUT2D eigenvalue weighted by atomic mass is 16.3. The predicted molar refractivity (Wildman–Crippen MR) is 60.4 cm³/mol. The smallest absolute Gasteiger partial charge is 0.0693 e. The summed E-state index contributed by atoms with van der Waals surface area (Å²) in [5.74, 6) is 0. The second-order valence-electron chi connectivity index (χ2n) is 4.47. The van der Waals surface area contributed by atoms with Crippen molar-refractivity contribution in [2.45, 2.75) is 70.4 Å². The maximum absolute atomic E-state index is 9.71.